The van der Waals surface area contributed by atoms with Gasteiger partial charge in [0, 0.05) is 17.2 Å². The number of carbonyl (C=O) groups is 1. The molecule has 130 valence electrons. The summed E-state index contributed by atoms with van der Waals surface area (Å²) >= 11 is 1.03. The number of ether oxygens (including phenoxy) is 1. The molecule has 0 amide bonds. The number of nitrogens with zero attached hydrogens (tertiary/aromatic N) is 2. The number of fused-ring (bicyclic) bond motifs is 1. The van der Waals surface area contributed by atoms with E-state index in [9.17, 15) is 15.2 Å². The van der Waals surface area contributed by atoms with E-state index in [1.165, 1.54) is 0 Å². The average Bonchev–Trinajstić information content (AvgIpc) is 2.60. The molecular weight excluding hydrogens is 344 g/mol. The number of aromatic amines is 2. The number of anilines is 3. The molecule has 0 aliphatic carbocycles. The van der Waals surface area contributed by atoms with Crippen molar-refractivity contribution >= 4 is 46.0 Å². The van der Waals surface area contributed by atoms with E-state index in [1.807, 2.05) is 4.90 Å². The van der Waals surface area contributed by atoms with Crippen LogP contribution in [0, 0.1) is 11.3 Å². The Bertz CT molecular complexity index is 876. The minimum Gasteiger partial charge on any atom is -0.549 e. The number of carbonyl (C=O) groups excluding carboxylic acids is 1. The Labute approximate surface area is 147 Å². The van der Waals surface area contributed by atoms with E-state index < -0.39 is 5.97 Å². The number of aromatic nitrogens is 2. The molecule has 1 fully saturated rings. The summed E-state index contributed by atoms with van der Waals surface area (Å²) in [6.45, 7) is 2.40. The molecule has 9 nitrogen and oxygen atoms in total. The van der Waals surface area contributed by atoms with Crippen LogP contribution in [0.15, 0.2) is 11.1 Å². The second kappa shape index (κ2) is 7.00. The minimum absolute atomic E-state index is 0.228. The van der Waals surface area contributed by atoms with Gasteiger partial charge >= 0.3 is 0 Å². The maximum Gasteiger partial charge on any atom is 0.285 e. The summed E-state index contributed by atoms with van der Waals surface area (Å²) < 4.78 is 5.35. The number of H-pyrrole nitrogens is 2. The molecule has 0 aromatic carbocycles. The smallest absolute Gasteiger partial charge is 0.285 e. The summed E-state index contributed by atoms with van der Waals surface area (Å²) in [5.74, 6) is -0.212. The highest BCUT2D eigenvalue weighted by molar-refractivity contribution is 7.99. The van der Waals surface area contributed by atoms with Gasteiger partial charge in [-0.1, -0.05) is 11.8 Å². The number of nitrogens with one attached hydrogen (secondary N) is 2. The van der Waals surface area contributed by atoms with Crippen LogP contribution in [0.2, 0.25) is 0 Å². The van der Waals surface area contributed by atoms with Crippen molar-refractivity contribution in [2.45, 2.75) is 5.03 Å². The third-order valence-electron chi connectivity index (χ3n) is 3.89. The van der Waals surface area contributed by atoms with Crippen molar-refractivity contribution in [1.29, 1.82) is 5.26 Å². The highest BCUT2D eigenvalue weighted by Crippen LogP contribution is 2.31. The molecule has 0 bridgehead atoms. The number of pyridine rings is 2. The fourth-order valence-corrected chi connectivity index (χ4v) is 3.46. The normalized spacial score (nSPS) is 14.4. The summed E-state index contributed by atoms with van der Waals surface area (Å²) in [6.07, 6.45) is 0. The fraction of sp³-hybridized carbons (Fsp3) is 0.333. The number of nitrogens with two attached hydrogens (primary N) is 2. The van der Waals surface area contributed by atoms with Crippen LogP contribution in [0.4, 0.5) is 17.5 Å². The summed E-state index contributed by atoms with van der Waals surface area (Å²) in [4.78, 5) is 18.7. The number of thioether (sulfide) groups is 1. The molecule has 25 heavy (non-hydrogen) atoms. The molecule has 0 saturated carbocycles. The first-order valence-corrected chi connectivity index (χ1v) is 8.55. The SMILES string of the molecule is N#Cc1c(N2CCOCC2)[nH+]c(N)c2c(N)[nH+]c(SCC(=O)[O-])cc12. The maximum atomic E-state index is 10.7. The topological polar surface area (TPSA) is 157 Å². The summed E-state index contributed by atoms with van der Waals surface area (Å²) in [5.41, 5.74) is 12.6. The Morgan fingerprint density at radius 3 is 2.68 bits per heavy atom. The van der Waals surface area contributed by atoms with Crippen LogP contribution in [0.3, 0.4) is 0 Å². The van der Waals surface area contributed by atoms with Crippen LogP contribution in [0.25, 0.3) is 10.8 Å². The monoisotopic (exact) mass is 361 g/mol. The zero-order valence-corrected chi connectivity index (χ0v) is 14.1. The number of rotatable bonds is 4. The van der Waals surface area contributed by atoms with Crippen LogP contribution in [0.5, 0.6) is 0 Å². The van der Waals surface area contributed by atoms with Gasteiger partial charge in [-0.25, -0.2) is 9.97 Å². The van der Waals surface area contributed by atoms with Crippen molar-refractivity contribution in [2.24, 2.45) is 0 Å². The number of carboxylic acid groups (broad SMARTS) is 1. The number of carboxylic acids is 1. The van der Waals surface area contributed by atoms with Gasteiger partial charge in [0.05, 0.1) is 32.3 Å². The maximum absolute atomic E-state index is 10.7. The van der Waals surface area contributed by atoms with Gasteiger partial charge < -0.3 is 20.4 Å². The highest BCUT2D eigenvalue weighted by Gasteiger charge is 2.27. The Kier molecular flexibility index (Phi) is 4.78. The predicted molar refractivity (Wildman–Crippen MR) is 89.4 cm³/mol. The average molecular weight is 361 g/mol. The number of nitrogen functional groups attached to an aromatic ring is 2. The lowest BCUT2D eigenvalue weighted by molar-refractivity contribution is -0.408. The van der Waals surface area contributed by atoms with Gasteiger partial charge in [-0.2, -0.15) is 5.26 Å². The molecular formula is C15H17N6O3S+. The number of nitriles is 1. The first kappa shape index (κ1) is 17.1. The van der Waals surface area contributed by atoms with Crippen molar-refractivity contribution < 1.29 is 24.6 Å². The molecule has 0 spiro atoms. The van der Waals surface area contributed by atoms with Gasteiger partial charge in [0.15, 0.2) is 5.03 Å². The van der Waals surface area contributed by atoms with Crippen LogP contribution >= 0.6 is 11.8 Å². The van der Waals surface area contributed by atoms with Gasteiger partial charge in [0.2, 0.25) is 11.6 Å². The van der Waals surface area contributed by atoms with Crippen LogP contribution in [-0.2, 0) is 9.53 Å². The molecule has 3 heterocycles. The van der Waals surface area contributed by atoms with Gasteiger partial charge in [0.1, 0.15) is 17.0 Å². The Morgan fingerprint density at radius 2 is 2.04 bits per heavy atom. The summed E-state index contributed by atoms with van der Waals surface area (Å²) in [6, 6.07) is 3.89. The first-order valence-electron chi connectivity index (χ1n) is 7.57. The number of hydrogen-bond acceptors (Lipinski definition) is 8. The van der Waals surface area contributed by atoms with Crippen LogP contribution in [0.1, 0.15) is 5.56 Å². The summed E-state index contributed by atoms with van der Waals surface area (Å²) in [5, 5.41) is 22.0. The predicted octanol–water partition coefficient (Wildman–Crippen LogP) is -1.82. The zero-order chi connectivity index (χ0) is 18.0. The molecule has 0 unspecified atom stereocenters. The lowest BCUT2D eigenvalue weighted by Crippen LogP contribution is -2.40. The Morgan fingerprint density at radius 1 is 1.36 bits per heavy atom. The number of aliphatic carboxylic acids is 1. The van der Waals surface area contributed by atoms with Gasteiger partial charge in [-0.3, -0.25) is 10.6 Å². The third-order valence-corrected chi connectivity index (χ3v) is 4.80. The quantitative estimate of drug-likeness (QED) is 0.603. The van der Waals surface area contributed by atoms with Crippen molar-refractivity contribution in [3.8, 4) is 6.07 Å². The van der Waals surface area contributed by atoms with Gasteiger partial charge in [-0.05, 0) is 0 Å². The molecule has 0 atom stereocenters. The summed E-state index contributed by atoms with van der Waals surface area (Å²) in [7, 11) is 0. The van der Waals surface area contributed by atoms with E-state index in [0.717, 1.165) is 11.8 Å². The molecule has 1 aliphatic rings. The molecule has 1 aliphatic heterocycles. The van der Waals surface area contributed by atoms with E-state index in [2.05, 4.69) is 16.0 Å². The van der Waals surface area contributed by atoms with E-state index in [4.69, 9.17) is 16.2 Å². The Balaban J connectivity index is 2.16. The van der Waals surface area contributed by atoms with Crippen molar-refractivity contribution in [3.63, 3.8) is 0 Å². The number of hydrogen-bond donors (Lipinski definition) is 2. The lowest BCUT2D eigenvalue weighted by Gasteiger charge is -2.24. The molecule has 10 heteroatoms. The highest BCUT2D eigenvalue weighted by atomic mass is 32.2. The second-order valence-electron chi connectivity index (χ2n) is 5.47. The van der Waals surface area contributed by atoms with Gasteiger partial charge in [0.25, 0.3) is 5.82 Å². The third kappa shape index (κ3) is 3.38. The minimum atomic E-state index is -1.19. The zero-order valence-electron chi connectivity index (χ0n) is 13.3. The fourth-order valence-electron chi connectivity index (χ4n) is 2.80. The standard InChI is InChI=1S/C15H16N6O3S/c16-6-9-8-5-10(25-7-11(22)23)19-13(17)12(8)14(18)20-15(9)21-1-3-24-4-2-21/h5H,1-4,7H2,(H2,17,19)(H2,18,20)(H,22,23)/p+1. The van der Waals surface area contributed by atoms with Crippen molar-refractivity contribution in [1.82, 2.24) is 0 Å². The van der Waals surface area contributed by atoms with Gasteiger partial charge in [-0.15, -0.1) is 0 Å². The van der Waals surface area contributed by atoms with Crippen LogP contribution in [-0.4, -0.2) is 38.0 Å². The van der Waals surface area contributed by atoms with E-state index in [1.54, 1.807) is 6.07 Å². The molecule has 6 N–H and O–H groups in total. The molecule has 2 aromatic heterocycles. The van der Waals surface area contributed by atoms with E-state index in [-0.39, 0.29) is 11.6 Å². The van der Waals surface area contributed by atoms with Crippen molar-refractivity contribution in [3.05, 3.63) is 11.6 Å². The largest absolute Gasteiger partial charge is 0.549 e. The first-order chi connectivity index (χ1) is 12.0. The Hall–Kier alpha value is -2.77. The molecule has 1 saturated heterocycles. The second-order valence-corrected chi connectivity index (χ2v) is 6.49. The van der Waals surface area contributed by atoms with E-state index >= 15 is 0 Å². The molecule has 3 rings (SSSR count). The lowest BCUT2D eigenvalue weighted by atomic mass is 10.1. The molecule has 0 radical (unpaired) electrons. The van der Waals surface area contributed by atoms with Crippen molar-refractivity contribution in [2.75, 3.05) is 48.4 Å². The van der Waals surface area contributed by atoms with E-state index in [0.29, 0.717) is 59.3 Å². The number of morpholine rings is 1. The van der Waals surface area contributed by atoms with Crippen LogP contribution < -0.4 is 31.4 Å². The molecule has 2 aromatic rings.